The van der Waals surface area contributed by atoms with Gasteiger partial charge < -0.3 is 19.0 Å². The van der Waals surface area contributed by atoms with E-state index in [2.05, 4.69) is 5.32 Å². The van der Waals surface area contributed by atoms with Crippen molar-refractivity contribution < 1.29 is 13.3 Å². The summed E-state index contributed by atoms with van der Waals surface area (Å²) in [5.74, 6) is 0. The van der Waals surface area contributed by atoms with Crippen LogP contribution in [0, 0.1) is 0 Å². The molecule has 0 aromatic rings. The van der Waals surface area contributed by atoms with Crippen molar-refractivity contribution in [3.8, 4) is 0 Å². The second-order valence-electron chi connectivity index (χ2n) is 3.88. The van der Waals surface area contributed by atoms with Crippen LogP contribution in [-0.2, 0) is 13.3 Å². The Morgan fingerprint density at radius 1 is 1.12 bits per heavy atom. The van der Waals surface area contributed by atoms with Crippen molar-refractivity contribution in [2.75, 3.05) is 19.8 Å². The van der Waals surface area contributed by atoms with Gasteiger partial charge in [0.1, 0.15) is 0 Å². The highest BCUT2D eigenvalue weighted by Gasteiger charge is 2.20. The molecule has 6 heteroatoms. The Bertz CT molecular complexity index is 155. The van der Waals surface area contributed by atoms with E-state index >= 15 is 0 Å². The summed E-state index contributed by atoms with van der Waals surface area (Å²) >= 11 is 0. The molecule has 0 aromatic carbocycles. The fraction of sp³-hybridized carbons (Fsp3) is 1.00. The van der Waals surface area contributed by atoms with Gasteiger partial charge >= 0.3 is 9.53 Å². The first-order valence-electron chi connectivity index (χ1n) is 6.50. The molecule has 0 amide bonds. The van der Waals surface area contributed by atoms with Crippen molar-refractivity contribution in [1.29, 1.82) is 0 Å². The van der Waals surface area contributed by atoms with E-state index in [-0.39, 0.29) is 6.17 Å². The molecule has 1 aliphatic rings. The summed E-state index contributed by atoms with van der Waals surface area (Å²) < 4.78 is 15.7. The first-order valence-corrected chi connectivity index (χ1v) is 7.91. The zero-order valence-corrected chi connectivity index (χ0v) is 12.7. The molecule has 0 saturated heterocycles. The zero-order chi connectivity index (χ0) is 13.1. The average molecular weight is 264 g/mol. The van der Waals surface area contributed by atoms with Crippen molar-refractivity contribution in [3.05, 3.63) is 0 Å². The molecule has 1 saturated carbocycles. The van der Waals surface area contributed by atoms with E-state index in [1.54, 1.807) is 0 Å². The fourth-order valence-corrected chi connectivity index (χ4v) is 2.28. The minimum Gasteiger partial charge on any atom is -0.376 e. The number of nitrogens with one attached hydrogen (secondary N) is 1. The van der Waals surface area contributed by atoms with Crippen LogP contribution in [0.25, 0.3) is 0 Å². The summed E-state index contributed by atoms with van der Waals surface area (Å²) in [6.07, 6.45) is 2.83. The Morgan fingerprint density at radius 2 is 1.53 bits per heavy atom. The fourth-order valence-electron chi connectivity index (χ4n) is 1.17. The van der Waals surface area contributed by atoms with Crippen LogP contribution in [0.1, 0.15) is 40.5 Å². The van der Waals surface area contributed by atoms with E-state index in [0.29, 0.717) is 19.8 Å². The maximum Gasteiger partial charge on any atom is 0.484 e. The summed E-state index contributed by atoms with van der Waals surface area (Å²) in [4.78, 5) is 0. The molecule has 0 aliphatic heterocycles. The monoisotopic (exact) mass is 264 g/mol. The molecule has 1 fully saturated rings. The number of nitrogens with two attached hydrogens (primary N) is 1. The van der Waals surface area contributed by atoms with E-state index in [4.69, 9.17) is 19.0 Å². The van der Waals surface area contributed by atoms with Crippen molar-refractivity contribution in [2.24, 2.45) is 5.73 Å². The van der Waals surface area contributed by atoms with Crippen LogP contribution in [0.4, 0.5) is 0 Å². The maximum absolute atomic E-state index is 5.42. The van der Waals surface area contributed by atoms with Gasteiger partial charge in [-0.05, 0) is 40.5 Å². The van der Waals surface area contributed by atoms with E-state index in [0.717, 1.165) is 6.04 Å². The summed E-state index contributed by atoms with van der Waals surface area (Å²) in [6.45, 7) is 9.83. The third kappa shape index (κ3) is 12.3. The van der Waals surface area contributed by atoms with Gasteiger partial charge in [0.2, 0.25) is 0 Å². The summed E-state index contributed by atoms with van der Waals surface area (Å²) in [7, 11) is -1.73. The normalized spacial score (nSPS) is 16.6. The lowest BCUT2D eigenvalue weighted by atomic mass is 10.5. The van der Waals surface area contributed by atoms with E-state index < -0.39 is 9.53 Å². The van der Waals surface area contributed by atoms with Gasteiger partial charge in [-0.1, -0.05) is 0 Å². The SMILES string of the molecule is CC(N)NC1CC1.CCO[SiH](OCC)OCC. The van der Waals surface area contributed by atoms with Crippen LogP contribution >= 0.6 is 0 Å². The van der Waals surface area contributed by atoms with Crippen LogP contribution in [0.3, 0.4) is 0 Å². The molecule has 0 radical (unpaired) electrons. The highest BCUT2D eigenvalue weighted by molar-refractivity contribution is 6.36. The van der Waals surface area contributed by atoms with Gasteiger partial charge in [0.25, 0.3) is 0 Å². The second kappa shape index (κ2) is 11.1. The Morgan fingerprint density at radius 3 is 1.71 bits per heavy atom. The molecule has 3 N–H and O–H groups in total. The van der Waals surface area contributed by atoms with Crippen LogP contribution in [-0.4, -0.2) is 41.6 Å². The lowest BCUT2D eigenvalue weighted by Gasteiger charge is -2.12. The molecule has 104 valence electrons. The first kappa shape index (κ1) is 17.0. The van der Waals surface area contributed by atoms with E-state index in [9.17, 15) is 0 Å². The largest absolute Gasteiger partial charge is 0.484 e. The Labute approximate surface area is 107 Å². The average Bonchev–Trinajstić information content (AvgIpc) is 3.03. The molecule has 1 unspecified atom stereocenters. The summed E-state index contributed by atoms with van der Waals surface area (Å²) in [6, 6.07) is 0.750. The Hall–Kier alpha value is 0.0169. The van der Waals surface area contributed by atoms with Gasteiger partial charge in [-0.3, -0.25) is 5.32 Å². The van der Waals surface area contributed by atoms with Gasteiger partial charge in [0.15, 0.2) is 0 Å². The summed E-state index contributed by atoms with van der Waals surface area (Å²) in [5, 5.41) is 3.19. The molecular weight excluding hydrogens is 236 g/mol. The number of hydrogen-bond acceptors (Lipinski definition) is 5. The molecule has 1 rings (SSSR count). The molecule has 0 spiro atoms. The minimum absolute atomic E-state index is 0.187. The maximum atomic E-state index is 5.42. The van der Waals surface area contributed by atoms with Crippen LogP contribution < -0.4 is 11.1 Å². The summed E-state index contributed by atoms with van der Waals surface area (Å²) in [5.41, 5.74) is 5.42. The van der Waals surface area contributed by atoms with Gasteiger partial charge in [-0.25, -0.2) is 0 Å². The molecule has 17 heavy (non-hydrogen) atoms. The molecule has 0 heterocycles. The highest BCUT2D eigenvalue weighted by atomic mass is 28.3. The topological polar surface area (TPSA) is 65.7 Å². The third-order valence-electron chi connectivity index (χ3n) is 1.98. The molecule has 0 aromatic heterocycles. The van der Waals surface area contributed by atoms with Gasteiger partial charge in [-0.2, -0.15) is 0 Å². The lowest BCUT2D eigenvalue weighted by molar-refractivity contribution is 0.107. The predicted molar refractivity (Wildman–Crippen MR) is 71.8 cm³/mol. The Kier molecular flexibility index (Phi) is 11.1. The third-order valence-corrected chi connectivity index (χ3v) is 3.80. The first-order chi connectivity index (χ1) is 8.13. The van der Waals surface area contributed by atoms with E-state index in [1.165, 1.54) is 12.8 Å². The van der Waals surface area contributed by atoms with Crippen LogP contribution in [0.15, 0.2) is 0 Å². The van der Waals surface area contributed by atoms with Crippen LogP contribution in [0.5, 0.6) is 0 Å². The van der Waals surface area contributed by atoms with Gasteiger partial charge in [0, 0.05) is 25.9 Å². The van der Waals surface area contributed by atoms with Crippen molar-refractivity contribution in [2.45, 2.75) is 52.7 Å². The molecule has 0 bridgehead atoms. The standard InChI is InChI=1S/C6H16O3Si.C5H12N2/c1-4-7-10(8-5-2)9-6-3;1-4(6)7-5-2-3-5/h10H,4-6H2,1-3H3;4-5,7H,2-3,6H2,1H3. The molecular formula is C11H28N2O3Si. The van der Waals surface area contributed by atoms with Crippen molar-refractivity contribution in [1.82, 2.24) is 5.32 Å². The van der Waals surface area contributed by atoms with Gasteiger partial charge in [-0.15, -0.1) is 0 Å². The van der Waals surface area contributed by atoms with Crippen molar-refractivity contribution in [3.63, 3.8) is 0 Å². The van der Waals surface area contributed by atoms with E-state index in [1.807, 2.05) is 27.7 Å². The predicted octanol–water partition coefficient (Wildman–Crippen LogP) is 0.856. The lowest BCUT2D eigenvalue weighted by Crippen LogP contribution is -2.35. The zero-order valence-electron chi connectivity index (χ0n) is 11.6. The number of hydrogen-bond donors (Lipinski definition) is 2. The van der Waals surface area contributed by atoms with Crippen molar-refractivity contribution >= 4 is 9.53 Å². The van der Waals surface area contributed by atoms with Gasteiger partial charge in [0.05, 0.1) is 6.17 Å². The molecule has 1 aliphatic carbocycles. The number of rotatable bonds is 8. The minimum atomic E-state index is -1.73. The smallest absolute Gasteiger partial charge is 0.376 e. The molecule has 1 atom stereocenters. The quantitative estimate of drug-likeness (QED) is 0.503. The highest BCUT2D eigenvalue weighted by Crippen LogP contribution is 2.18. The molecule has 5 nitrogen and oxygen atoms in total. The Balaban J connectivity index is 0.000000318. The second-order valence-corrected chi connectivity index (χ2v) is 5.46. The van der Waals surface area contributed by atoms with Crippen LogP contribution in [0.2, 0.25) is 0 Å².